The Morgan fingerprint density at radius 3 is 2.46 bits per heavy atom. The van der Waals surface area contributed by atoms with Crippen LogP contribution in [0, 0.1) is 13.8 Å². The van der Waals surface area contributed by atoms with Crippen molar-refractivity contribution >= 4 is 55.7 Å². The molecule has 11 heteroatoms. The molecule has 1 aromatic carbocycles. The molecule has 0 saturated carbocycles. The lowest BCUT2D eigenvalue weighted by Gasteiger charge is -2.07. The van der Waals surface area contributed by atoms with Crippen LogP contribution in [-0.2, 0) is 11.3 Å². The molecule has 0 radical (unpaired) electrons. The maximum Gasteiger partial charge on any atom is 0.341 e. The number of aromatic nitrogens is 2. The molecule has 4 aromatic rings. The third-order valence-electron chi connectivity index (χ3n) is 5.40. The number of nitrogens with zero attached hydrogens (tertiary/aromatic N) is 2. The molecular weight excluding hydrogens is 488 g/mol. The normalized spacial score (nSPS) is 10.9. The molecule has 0 saturated heterocycles. The minimum atomic E-state index is -0.709. The molecule has 3 heterocycles. The van der Waals surface area contributed by atoms with Gasteiger partial charge in [0.2, 0.25) is 0 Å². The van der Waals surface area contributed by atoms with Crippen molar-refractivity contribution in [3.05, 3.63) is 79.0 Å². The van der Waals surface area contributed by atoms with Gasteiger partial charge in [-0.05, 0) is 37.5 Å². The van der Waals surface area contributed by atoms with Gasteiger partial charge in [0, 0.05) is 0 Å². The second-order valence-electron chi connectivity index (χ2n) is 7.70. The number of carbonyl (C=O) groups is 3. The molecule has 3 aromatic heterocycles. The van der Waals surface area contributed by atoms with Gasteiger partial charge >= 0.3 is 5.97 Å². The van der Waals surface area contributed by atoms with E-state index in [0.717, 1.165) is 28.2 Å². The van der Waals surface area contributed by atoms with Crippen LogP contribution in [0.1, 0.15) is 53.3 Å². The molecule has 35 heavy (non-hydrogen) atoms. The number of nitrogens with two attached hydrogens (primary N) is 1. The number of thiophene rings is 2. The third kappa shape index (κ3) is 4.60. The first-order chi connectivity index (χ1) is 16.7. The first-order valence-corrected chi connectivity index (χ1v) is 12.3. The Balaban J connectivity index is 1.71. The van der Waals surface area contributed by atoms with Crippen LogP contribution in [0.15, 0.2) is 41.5 Å². The summed E-state index contributed by atoms with van der Waals surface area (Å²) in [5, 5.41) is 3.23. The summed E-state index contributed by atoms with van der Waals surface area (Å²) >= 11 is 1.99. The van der Waals surface area contributed by atoms with Gasteiger partial charge < -0.3 is 15.8 Å². The number of hydrogen-bond acceptors (Lipinski definition) is 8. The highest BCUT2D eigenvalue weighted by Gasteiger charge is 2.27. The molecule has 0 aliphatic carbocycles. The molecule has 0 bridgehead atoms. The van der Waals surface area contributed by atoms with Crippen molar-refractivity contribution in [2.45, 2.75) is 27.3 Å². The zero-order valence-electron chi connectivity index (χ0n) is 19.2. The number of hydrogen-bond donors (Lipinski definition) is 2. The Morgan fingerprint density at radius 2 is 1.80 bits per heavy atom. The van der Waals surface area contributed by atoms with Crippen LogP contribution in [0.5, 0.6) is 0 Å². The Morgan fingerprint density at radius 1 is 1.09 bits per heavy atom. The van der Waals surface area contributed by atoms with Gasteiger partial charge in [-0.2, -0.15) is 0 Å². The number of esters is 1. The lowest BCUT2D eigenvalue weighted by atomic mass is 10.1. The van der Waals surface area contributed by atoms with Crippen LogP contribution in [0.4, 0.5) is 5.00 Å². The van der Waals surface area contributed by atoms with Crippen molar-refractivity contribution in [2.75, 3.05) is 11.9 Å². The lowest BCUT2D eigenvalue weighted by molar-refractivity contribution is 0.0527. The van der Waals surface area contributed by atoms with E-state index >= 15 is 0 Å². The van der Waals surface area contributed by atoms with Gasteiger partial charge in [-0.15, -0.1) is 22.7 Å². The number of anilines is 1. The highest BCUT2D eigenvalue weighted by molar-refractivity contribution is 7.21. The van der Waals surface area contributed by atoms with E-state index in [1.807, 2.05) is 30.3 Å². The molecule has 0 aliphatic rings. The fourth-order valence-electron chi connectivity index (χ4n) is 3.71. The summed E-state index contributed by atoms with van der Waals surface area (Å²) in [6.45, 7) is 5.40. The molecule has 2 amide bonds. The highest BCUT2D eigenvalue weighted by atomic mass is 32.1. The fourth-order valence-corrected chi connectivity index (χ4v) is 5.79. The largest absolute Gasteiger partial charge is 0.462 e. The first kappa shape index (κ1) is 24.3. The van der Waals surface area contributed by atoms with Gasteiger partial charge in [-0.3, -0.25) is 19.0 Å². The smallest absolute Gasteiger partial charge is 0.341 e. The quantitative estimate of drug-likeness (QED) is 0.364. The number of ether oxygens (including phenoxy) is 1. The van der Waals surface area contributed by atoms with Crippen molar-refractivity contribution in [3.63, 3.8) is 0 Å². The number of rotatable bonds is 7. The third-order valence-corrected chi connectivity index (χ3v) is 7.82. The molecule has 3 N–H and O–H groups in total. The summed E-state index contributed by atoms with van der Waals surface area (Å²) in [7, 11) is 0. The Kier molecular flexibility index (Phi) is 6.81. The van der Waals surface area contributed by atoms with Crippen molar-refractivity contribution in [2.24, 2.45) is 5.73 Å². The summed E-state index contributed by atoms with van der Waals surface area (Å²) in [5.74, 6) is -1.90. The molecule has 0 aliphatic heterocycles. The van der Waals surface area contributed by atoms with Gasteiger partial charge in [-0.1, -0.05) is 30.3 Å². The van der Waals surface area contributed by atoms with E-state index in [1.54, 1.807) is 20.8 Å². The molecule has 9 nitrogen and oxygen atoms in total. The number of carbonyl (C=O) groups excluding carboxylic acids is 3. The monoisotopic (exact) mass is 510 g/mol. The Labute approximate surface area is 208 Å². The average Bonchev–Trinajstić information content (AvgIpc) is 3.33. The van der Waals surface area contributed by atoms with E-state index in [0.29, 0.717) is 27.9 Å². The summed E-state index contributed by atoms with van der Waals surface area (Å²) in [6.07, 6.45) is 1.47. The van der Waals surface area contributed by atoms with Gasteiger partial charge in [0.15, 0.2) is 0 Å². The molecule has 0 unspecified atom stereocenters. The van der Waals surface area contributed by atoms with Crippen LogP contribution >= 0.6 is 22.7 Å². The van der Waals surface area contributed by atoms with Crippen LogP contribution in [0.3, 0.4) is 0 Å². The minimum absolute atomic E-state index is 0.0844. The van der Waals surface area contributed by atoms with Crippen molar-refractivity contribution < 1.29 is 19.1 Å². The zero-order chi connectivity index (χ0) is 25.3. The van der Waals surface area contributed by atoms with Crippen molar-refractivity contribution in [1.82, 2.24) is 9.55 Å². The predicted octanol–water partition coefficient (Wildman–Crippen LogP) is 3.71. The average molecular weight is 511 g/mol. The highest BCUT2D eigenvalue weighted by Crippen LogP contribution is 2.35. The number of primary amides is 1. The second-order valence-corrected chi connectivity index (χ2v) is 9.72. The van der Waals surface area contributed by atoms with E-state index in [2.05, 4.69) is 10.3 Å². The van der Waals surface area contributed by atoms with Crippen LogP contribution < -0.4 is 16.6 Å². The van der Waals surface area contributed by atoms with Crippen LogP contribution in [0.25, 0.3) is 10.2 Å². The van der Waals surface area contributed by atoms with E-state index < -0.39 is 17.8 Å². The molecular formula is C24H22N4O5S2. The molecule has 4 rings (SSSR count). The summed E-state index contributed by atoms with van der Waals surface area (Å²) in [6, 6.07) is 9.52. The molecule has 0 spiro atoms. The van der Waals surface area contributed by atoms with E-state index in [9.17, 15) is 19.2 Å². The predicted molar refractivity (Wildman–Crippen MR) is 136 cm³/mol. The maximum absolute atomic E-state index is 13.2. The molecule has 0 fully saturated rings. The van der Waals surface area contributed by atoms with Crippen LogP contribution in [0.2, 0.25) is 0 Å². The number of aryl methyl sites for hydroxylation is 1. The fraction of sp³-hybridized carbons (Fsp3) is 0.208. The van der Waals surface area contributed by atoms with E-state index in [-0.39, 0.29) is 32.5 Å². The van der Waals surface area contributed by atoms with Crippen molar-refractivity contribution in [1.29, 1.82) is 0 Å². The van der Waals surface area contributed by atoms with Crippen molar-refractivity contribution in [3.8, 4) is 0 Å². The van der Waals surface area contributed by atoms with Crippen LogP contribution in [-0.4, -0.2) is 33.9 Å². The minimum Gasteiger partial charge on any atom is -0.462 e. The Hall–Kier alpha value is -3.83. The maximum atomic E-state index is 13.2. The van der Waals surface area contributed by atoms with E-state index in [4.69, 9.17) is 10.5 Å². The SMILES string of the molecule is CCOC(=O)c1c(NC(=O)c2sc3ncn(Cc4ccccc4)c(=O)c3c2C)sc(C(N)=O)c1C. The van der Waals surface area contributed by atoms with Gasteiger partial charge in [0.05, 0.1) is 40.2 Å². The number of nitrogens with one attached hydrogen (secondary N) is 1. The van der Waals surface area contributed by atoms with Gasteiger partial charge in [0.25, 0.3) is 17.4 Å². The first-order valence-electron chi connectivity index (χ1n) is 10.7. The zero-order valence-corrected chi connectivity index (χ0v) is 20.8. The summed E-state index contributed by atoms with van der Waals surface area (Å²) in [4.78, 5) is 56.0. The number of benzene rings is 1. The lowest BCUT2D eigenvalue weighted by Crippen LogP contribution is -2.21. The summed E-state index contributed by atoms with van der Waals surface area (Å²) in [5.41, 5.74) is 7.06. The molecule has 180 valence electrons. The van der Waals surface area contributed by atoms with Gasteiger partial charge in [0.1, 0.15) is 9.83 Å². The molecule has 0 atom stereocenters. The summed E-state index contributed by atoms with van der Waals surface area (Å²) < 4.78 is 6.59. The standard InChI is InChI=1S/C24H22N4O5S2/c1-4-33-24(32)16-13(3)17(19(25)29)34-22(16)27-20(30)18-12(2)15-21(35-18)26-11-28(23(15)31)10-14-8-6-5-7-9-14/h5-9,11H,4,10H2,1-3H3,(H2,25,29)(H,27,30). The van der Waals surface area contributed by atoms with E-state index in [1.165, 1.54) is 10.9 Å². The Bertz CT molecular complexity index is 1520. The topological polar surface area (TPSA) is 133 Å². The van der Waals surface area contributed by atoms with Gasteiger partial charge in [-0.25, -0.2) is 9.78 Å². The number of fused-ring (bicyclic) bond motifs is 1. The number of amides is 2. The second kappa shape index (κ2) is 9.80.